The van der Waals surface area contributed by atoms with Gasteiger partial charge in [-0.05, 0) is 42.5 Å². The molecule has 4 nitrogen and oxygen atoms in total. The van der Waals surface area contributed by atoms with Crippen LogP contribution >= 0.6 is 34.5 Å². The Hall–Kier alpha value is -1.60. The fourth-order valence-corrected chi connectivity index (χ4v) is 4.40. The zero-order valence-electron chi connectivity index (χ0n) is 16.7. The van der Waals surface area contributed by atoms with E-state index in [2.05, 4.69) is 17.6 Å². The second-order valence-corrected chi connectivity index (χ2v) is 8.88. The minimum Gasteiger partial charge on any atom is -0.387 e. The number of nitrogens with two attached hydrogens (primary N) is 1. The van der Waals surface area contributed by atoms with E-state index in [1.165, 1.54) is 23.5 Å². The van der Waals surface area contributed by atoms with Crippen molar-refractivity contribution in [2.75, 3.05) is 13.6 Å². The molecule has 0 aliphatic carbocycles. The molecule has 0 fully saturated rings. The molecule has 0 spiro atoms. The molecule has 2 atom stereocenters. The Bertz CT molecular complexity index is 885. The third kappa shape index (κ3) is 6.19. The minimum atomic E-state index is -0.323. The quantitative estimate of drug-likeness (QED) is 0.495. The molecule has 0 radical (unpaired) electrons. The minimum absolute atomic E-state index is 0.167. The summed E-state index contributed by atoms with van der Waals surface area (Å²) in [5, 5.41) is 6.68. The van der Waals surface area contributed by atoms with E-state index in [0.29, 0.717) is 26.2 Å². The largest absolute Gasteiger partial charge is 0.387 e. The molecule has 8 heteroatoms. The molecule has 29 heavy (non-hydrogen) atoms. The predicted molar refractivity (Wildman–Crippen MR) is 121 cm³/mol. The van der Waals surface area contributed by atoms with Gasteiger partial charge in [-0.15, -0.1) is 11.3 Å². The van der Waals surface area contributed by atoms with Crippen molar-refractivity contribution >= 4 is 46.1 Å². The summed E-state index contributed by atoms with van der Waals surface area (Å²) in [5.74, 6) is -0.422. The predicted octanol–water partition coefficient (Wildman–Crippen LogP) is 5.01. The number of rotatable bonds is 9. The van der Waals surface area contributed by atoms with E-state index in [1.54, 1.807) is 25.2 Å². The Balaban J connectivity index is 2.20. The molecule has 0 saturated heterocycles. The lowest BCUT2D eigenvalue weighted by Gasteiger charge is -2.16. The van der Waals surface area contributed by atoms with Gasteiger partial charge in [-0.1, -0.05) is 49.2 Å². The zero-order chi connectivity index (χ0) is 21.6. The molecule has 1 aromatic heterocycles. The maximum Gasteiger partial charge on any atom is 0.261 e. The Kier molecular flexibility index (Phi) is 8.96. The molecule has 0 saturated carbocycles. The topological polar surface area (TPSA) is 67.2 Å². The summed E-state index contributed by atoms with van der Waals surface area (Å²) in [7, 11) is 1.78. The highest BCUT2D eigenvalue weighted by Gasteiger charge is 2.21. The molecule has 158 valence electrons. The molecule has 4 N–H and O–H groups in total. The summed E-state index contributed by atoms with van der Waals surface area (Å²) >= 11 is 14.1. The van der Waals surface area contributed by atoms with Gasteiger partial charge in [0, 0.05) is 30.2 Å². The number of allylic oxidation sites excluding steroid dienone is 1. The van der Waals surface area contributed by atoms with E-state index in [9.17, 15) is 9.18 Å². The van der Waals surface area contributed by atoms with Crippen molar-refractivity contribution in [1.29, 1.82) is 0 Å². The summed E-state index contributed by atoms with van der Waals surface area (Å²) < 4.78 is 13.9. The van der Waals surface area contributed by atoms with Crippen molar-refractivity contribution in [3.8, 4) is 0 Å². The molecule has 0 bridgehead atoms. The van der Waals surface area contributed by atoms with Crippen LogP contribution in [0.5, 0.6) is 0 Å². The first kappa shape index (κ1) is 23.7. The number of amides is 1. The van der Waals surface area contributed by atoms with E-state index < -0.39 is 0 Å². The van der Waals surface area contributed by atoms with E-state index in [4.69, 9.17) is 28.9 Å². The number of carbonyl (C=O) groups is 1. The summed E-state index contributed by atoms with van der Waals surface area (Å²) in [6, 6.07) is 7.67. The second kappa shape index (κ2) is 11.0. The average molecular weight is 458 g/mol. The highest BCUT2D eigenvalue weighted by atomic mass is 35.5. The normalized spacial score (nSPS) is 14.2. The molecule has 1 aromatic carbocycles. The first-order valence-electron chi connectivity index (χ1n) is 9.43. The van der Waals surface area contributed by atoms with Crippen molar-refractivity contribution in [2.45, 2.75) is 32.7 Å². The van der Waals surface area contributed by atoms with Crippen LogP contribution in [0.3, 0.4) is 0 Å². The molecule has 1 heterocycles. The van der Waals surface area contributed by atoms with Crippen LogP contribution in [0, 0.1) is 11.7 Å². The monoisotopic (exact) mass is 457 g/mol. The van der Waals surface area contributed by atoms with Gasteiger partial charge in [0.15, 0.2) is 0 Å². The van der Waals surface area contributed by atoms with Crippen molar-refractivity contribution in [2.24, 2.45) is 11.7 Å². The van der Waals surface area contributed by atoms with Gasteiger partial charge < -0.3 is 16.4 Å². The van der Waals surface area contributed by atoms with E-state index >= 15 is 0 Å². The van der Waals surface area contributed by atoms with E-state index in [-0.39, 0.29) is 30.2 Å². The molecule has 0 aliphatic rings. The maximum absolute atomic E-state index is 13.4. The van der Waals surface area contributed by atoms with Crippen molar-refractivity contribution < 1.29 is 9.18 Å². The third-order valence-corrected chi connectivity index (χ3v) is 6.62. The zero-order valence-corrected chi connectivity index (χ0v) is 19.0. The number of halogens is 3. The molecular weight excluding hydrogens is 432 g/mol. The Labute approximate surface area is 185 Å². The van der Waals surface area contributed by atoms with Crippen LogP contribution in [0.4, 0.5) is 4.39 Å². The van der Waals surface area contributed by atoms with Crippen LogP contribution in [-0.4, -0.2) is 25.5 Å². The van der Waals surface area contributed by atoms with Crippen molar-refractivity contribution in [3.05, 3.63) is 61.5 Å². The van der Waals surface area contributed by atoms with Crippen molar-refractivity contribution in [3.63, 3.8) is 0 Å². The Morgan fingerprint density at radius 1 is 1.34 bits per heavy atom. The number of nitrogens with one attached hydrogen (secondary N) is 2. The Morgan fingerprint density at radius 3 is 2.66 bits per heavy atom. The fourth-order valence-electron chi connectivity index (χ4n) is 2.86. The summed E-state index contributed by atoms with van der Waals surface area (Å²) in [5.41, 5.74) is 8.00. The number of thiophene rings is 1. The molecule has 1 amide bonds. The number of benzene rings is 1. The summed E-state index contributed by atoms with van der Waals surface area (Å²) in [4.78, 5) is 13.2. The standard InChI is InChI=1S/C21H26Cl2FN3OS/c1-4-12(2)18(22)19(26-3)16-10-17(29-20(16)23)21(28)27-15(11-25)9-13-6-5-7-14(24)8-13/h5-8,10,12,15,26H,4,9,11,25H2,1-3H3,(H,27,28)/b19-18+/t12?,15-/m0/s1. The molecule has 1 unspecified atom stereocenters. The van der Waals surface area contributed by atoms with Crippen LogP contribution < -0.4 is 16.4 Å². The van der Waals surface area contributed by atoms with Crippen molar-refractivity contribution in [1.82, 2.24) is 10.6 Å². The highest BCUT2D eigenvalue weighted by Crippen LogP contribution is 2.36. The number of hydrogen-bond donors (Lipinski definition) is 3. The van der Waals surface area contributed by atoms with Crippen LogP contribution in [-0.2, 0) is 6.42 Å². The second-order valence-electron chi connectivity index (χ2n) is 6.82. The van der Waals surface area contributed by atoms with Gasteiger partial charge in [-0.3, -0.25) is 4.79 Å². The van der Waals surface area contributed by atoms with Crippen LogP contribution in [0.1, 0.15) is 41.1 Å². The first-order chi connectivity index (χ1) is 13.8. The molecule has 2 rings (SSSR count). The number of carbonyl (C=O) groups excluding carboxylic acids is 1. The van der Waals surface area contributed by atoms with E-state index in [1.807, 2.05) is 6.92 Å². The lowest BCUT2D eigenvalue weighted by molar-refractivity contribution is 0.0942. The number of hydrogen-bond acceptors (Lipinski definition) is 4. The van der Waals surface area contributed by atoms with Gasteiger partial charge in [0.25, 0.3) is 5.91 Å². The van der Waals surface area contributed by atoms with Gasteiger partial charge in [-0.2, -0.15) is 0 Å². The van der Waals surface area contributed by atoms with Gasteiger partial charge in [0.2, 0.25) is 0 Å². The SMILES string of the molecule is CCC(C)/C(Cl)=C(\NC)c1cc(C(=O)N[C@H](CN)Cc2cccc(F)c2)sc1Cl. The molecular formula is C21H26Cl2FN3OS. The van der Waals surface area contributed by atoms with Crippen LogP contribution in [0.15, 0.2) is 35.4 Å². The van der Waals surface area contributed by atoms with Crippen LogP contribution in [0.2, 0.25) is 4.34 Å². The average Bonchev–Trinajstić information content (AvgIpc) is 3.08. The van der Waals surface area contributed by atoms with Gasteiger partial charge >= 0.3 is 0 Å². The summed E-state index contributed by atoms with van der Waals surface area (Å²) in [6.45, 7) is 4.32. The fraction of sp³-hybridized carbons (Fsp3) is 0.381. The Morgan fingerprint density at radius 2 is 2.07 bits per heavy atom. The smallest absolute Gasteiger partial charge is 0.261 e. The lowest BCUT2D eigenvalue weighted by Crippen LogP contribution is -2.41. The van der Waals surface area contributed by atoms with Gasteiger partial charge in [-0.25, -0.2) is 4.39 Å². The molecule has 0 aliphatic heterocycles. The van der Waals surface area contributed by atoms with Gasteiger partial charge in [0.05, 0.1) is 10.6 Å². The highest BCUT2D eigenvalue weighted by molar-refractivity contribution is 7.18. The van der Waals surface area contributed by atoms with Gasteiger partial charge in [0.1, 0.15) is 10.2 Å². The molecule has 2 aromatic rings. The first-order valence-corrected chi connectivity index (χ1v) is 11.0. The lowest BCUT2D eigenvalue weighted by atomic mass is 10.0. The van der Waals surface area contributed by atoms with E-state index in [0.717, 1.165) is 17.7 Å². The summed E-state index contributed by atoms with van der Waals surface area (Å²) in [6.07, 6.45) is 1.32. The maximum atomic E-state index is 13.4. The third-order valence-electron chi connectivity index (χ3n) is 4.70. The van der Waals surface area contributed by atoms with Crippen LogP contribution in [0.25, 0.3) is 5.70 Å².